The van der Waals surface area contributed by atoms with Crippen LogP contribution in [0.5, 0.6) is 0 Å². The second-order valence-corrected chi connectivity index (χ2v) is 15.6. The number of rotatable bonds is 7. The van der Waals surface area contributed by atoms with E-state index in [1.54, 1.807) is 0 Å². The molecule has 0 aliphatic rings. The van der Waals surface area contributed by atoms with Crippen LogP contribution in [-0.4, -0.2) is 14.5 Å². The summed E-state index contributed by atoms with van der Waals surface area (Å²) < 4.78 is 8.54. The van der Waals surface area contributed by atoms with Gasteiger partial charge in [0.2, 0.25) is 0 Å². The third kappa shape index (κ3) is 5.94. The summed E-state index contributed by atoms with van der Waals surface area (Å²) in [5.41, 5.74) is 18.0. The second-order valence-electron chi connectivity index (χ2n) is 15.6. The van der Waals surface area contributed by atoms with Crippen LogP contribution in [0.3, 0.4) is 0 Å². The van der Waals surface area contributed by atoms with Crippen LogP contribution in [0.4, 0.5) is 17.1 Å². The van der Waals surface area contributed by atoms with E-state index < -0.39 is 0 Å². The first-order chi connectivity index (χ1) is 29.5. The maximum atomic E-state index is 6.14. The molecular formula is C55H40N4O. The lowest BCUT2D eigenvalue weighted by molar-refractivity contribution is 0.667. The molecule has 0 atom stereocenters. The molecule has 0 N–H and O–H groups in total. The Bertz CT molecular complexity index is 3360. The van der Waals surface area contributed by atoms with Crippen LogP contribution in [0.25, 0.3) is 83.1 Å². The van der Waals surface area contributed by atoms with E-state index in [1.807, 2.05) is 24.5 Å². The fourth-order valence-electron chi connectivity index (χ4n) is 9.03. The molecule has 60 heavy (non-hydrogen) atoms. The second kappa shape index (κ2) is 14.3. The fourth-order valence-corrected chi connectivity index (χ4v) is 9.03. The molecule has 5 heteroatoms. The average Bonchev–Trinajstić information content (AvgIpc) is 3.84. The first-order valence-corrected chi connectivity index (χ1v) is 20.4. The van der Waals surface area contributed by atoms with Crippen molar-refractivity contribution in [1.82, 2.24) is 14.5 Å². The van der Waals surface area contributed by atoms with Crippen molar-refractivity contribution in [3.63, 3.8) is 0 Å². The van der Waals surface area contributed by atoms with E-state index in [4.69, 9.17) is 14.4 Å². The SMILES string of the molecule is Cc1cnc(-c2cccc(N(c3cccc(-c4cc5c(cn4)oc4ccccc45)c3)c3c(C)cc(-n4c5ccccc5c5ccccc54)cc3C)c2)cc1-c1ccccc1. The van der Waals surface area contributed by atoms with Crippen molar-refractivity contribution >= 4 is 60.8 Å². The molecule has 4 aromatic heterocycles. The highest BCUT2D eigenvalue weighted by Crippen LogP contribution is 2.43. The van der Waals surface area contributed by atoms with Gasteiger partial charge in [-0.1, -0.05) is 109 Å². The smallest absolute Gasteiger partial charge is 0.153 e. The van der Waals surface area contributed by atoms with Gasteiger partial charge in [-0.15, -0.1) is 0 Å². The average molecular weight is 773 g/mol. The highest BCUT2D eigenvalue weighted by molar-refractivity contribution is 6.09. The highest BCUT2D eigenvalue weighted by Gasteiger charge is 2.22. The van der Waals surface area contributed by atoms with E-state index in [-0.39, 0.29) is 0 Å². The Morgan fingerprint density at radius 1 is 0.433 bits per heavy atom. The number of fused-ring (bicyclic) bond motifs is 6. The summed E-state index contributed by atoms with van der Waals surface area (Å²) in [6.45, 7) is 6.58. The number of furan rings is 1. The summed E-state index contributed by atoms with van der Waals surface area (Å²) in [4.78, 5) is 12.3. The van der Waals surface area contributed by atoms with Crippen molar-refractivity contribution in [1.29, 1.82) is 0 Å². The number of para-hydroxylation sites is 3. The van der Waals surface area contributed by atoms with E-state index in [0.29, 0.717) is 0 Å². The molecule has 0 aliphatic carbocycles. The zero-order valence-electron chi connectivity index (χ0n) is 33.6. The lowest BCUT2D eigenvalue weighted by Gasteiger charge is -2.30. The van der Waals surface area contributed by atoms with Crippen LogP contribution in [0.1, 0.15) is 16.7 Å². The number of anilines is 3. The molecule has 5 nitrogen and oxygen atoms in total. The number of hydrogen-bond donors (Lipinski definition) is 0. The summed E-state index contributed by atoms with van der Waals surface area (Å²) in [7, 11) is 0. The maximum absolute atomic E-state index is 6.14. The minimum absolute atomic E-state index is 0.782. The molecule has 0 unspecified atom stereocenters. The molecular weight excluding hydrogens is 733 g/mol. The van der Waals surface area contributed by atoms with Gasteiger partial charge in [0.15, 0.2) is 5.58 Å². The summed E-state index contributed by atoms with van der Waals surface area (Å²) in [6, 6.07) is 62.6. The molecule has 0 bridgehead atoms. The Balaban J connectivity index is 1.09. The molecule has 11 aromatic rings. The van der Waals surface area contributed by atoms with Gasteiger partial charge in [-0.2, -0.15) is 0 Å². The molecule has 7 aromatic carbocycles. The molecule has 11 rings (SSSR count). The molecule has 0 amide bonds. The Morgan fingerprint density at radius 3 is 1.65 bits per heavy atom. The molecule has 0 aliphatic heterocycles. The molecule has 4 heterocycles. The van der Waals surface area contributed by atoms with E-state index >= 15 is 0 Å². The van der Waals surface area contributed by atoms with Crippen LogP contribution < -0.4 is 4.90 Å². The Labute approximate surface area is 348 Å². The van der Waals surface area contributed by atoms with E-state index in [1.165, 1.54) is 32.9 Å². The molecule has 286 valence electrons. The standard InChI is InChI=1S/C55H40N4O/c1-35-27-43(59-51-24-10-7-21-44(51)45-22-8-11-25-52(45)59)28-36(2)55(35)58(41-19-13-17-39(29-41)49-31-47(37(3)33-56-49)38-15-5-4-6-16-38)42-20-14-18-40(30-42)50-32-48-46-23-9-12-26-53(46)60-54(48)34-57-50/h4-34H,1-3H3. The van der Waals surface area contributed by atoms with Crippen LogP contribution in [0.2, 0.25) is 0 Å². The molecule has 0 saturated heterocycles. The fraction of sp³-hybridized carbons (Fsp3) is 0.0545. The quantitative estimate of drug-likeness (QED) is 0.162. The molecule has 0 fully saturated rings. The van der Waals surface area contributed by atoms with E-state index in [0.717, 1.165) is 83.9 Å². The van der Waals surface area contributed by atoms with Gasteiger partial charge < -0.3 is 13.9 Å². The van der Waals surface area contributed by atoms with Crippen molar-refractivity contribution in [2.24, 2.45) is 0 Å². The number of nitrogens with zero attached hydrogens (tertiary/aromatic N) is 4. The van der Waals surface area contributed by atoms with E-state index in [9.17, 15) is 0 Å². The predicted octanol–water partition coefficient (Wildman–Crippen LogP) is 14.9. The molecule has 0 spiro atoms. The van der Waals surface area contributed by atoms with Crippen molar-refractivity contribution in [2.45, 2.75) is 20.8 Å². The van der Waals surface area contributed by atoms with Gasteiger partial charge in [-0.25, -0.2) is 0 Å². The van der Waals surface area contributed by atoms with Crippen molar-refractivity contribution in [3.8, 4) is 39.3 Å². The van der Waals surface area contributed by atoms with Crippen LogP contribution in [0.15, 0.2) is 193 Å². The topological polar surface area (TPSA) is 47.1 Å². The van der Waals surface area contributed by atoms with Crippen LogP contribution >= 0.6 is 0 Å². The van der Waals surface area contributed by atoms with Gasteiger partial charge in [0.1, 0.15) is 5.58 Å². The van der Waals surface area contributed by atoms with Gasteiger partial charge in [0.05, 0.1) is 34.3 Å². The lowest BCUT2D eigenvalue weighted by Crippen LogP contribution is -2.14. The van der Waals surface area contributed by atoms with Gasteiger partial charge in [0, 0.05) is 55.9 Å². The van der Waals surface area contributed by atoms with Gasteiger partial charge >= 0.3 is 0 Å². The Morgan fingerprint density at radius 2 is 0.983 bits per heavy atom. The van der Waals surface area contributed by atoms with E-state index in [2.05, 4.69) is 194 Å². The first-order valence-electron chi connectivity index (χ1n) is 20.4. The zero-order valence-corrected chi connectivity index (χ0v) is 33.6. The van der Waals surface area contributed by atoms with Gasteiger partial charge in [-0.05, 0) is 115 Å². The Hall–Kier alpha value is -7.76. The van der Waals surface area contributed by atoms with Gasteiger partial charge in [0.25, 0.3) is 0 Å². The van der Waals surface area contributed by atoms with Crippen molar-refractivity contribution in [2.75, 3.05) is 4.90 Å². The third-order valence-electron chi connectivity index (χ3n) is 11.8. The van der Waals surface area contributed by atoms with Crippen molar-refractivity contribution in [3.05, 3.63) is 205 Å². The summed E-state index contributed by atoms with van der Waals surface area (Å²) in [5, 5.41) is 4.63. The summed E-state index contributed by atoms with van der Waals surface area (Å²) >= 11 is 0. The third-order valence-corrected chi connectivity index (χ3v) is 11.8. The Kier molecular flexibility index (Phi) is 8.41. The minimum Gasteiger partial charge on any atom is -0.454 e. The normalized spacial score (nSPS) is 11.6. The monoisotopic (exact) mass is 772 g/mol. The predicted molar refractivity (Wildman–Crippen MR) is 249 cm³/mol. The lowest BCUT2D eigenvalue weighted by atomic mass is 9.99. The number of aryl methyl sites for hydroxylation is 3. The number of hydrogen-bond acceptors (Lipinski definition) is 4. The van der Waals surface area contributed by atoms with Crippen LogP contribution in [-0.2, 0) is 0 Å². The molecule has 0 radical (unpaired) electrons. The number of aromatic nitrogens is 3. The van der Waals surface area contributed by atoms with Crippen molar-refractivity contribution < 1.29 is 4.42 Å². The summed E-state index contributed by atoms with van der Waals surface area (Å²) in [6.07, 6.45) is 3.83. The highest BCUT2D eigenvalue weighted by atomic mass is 16.3. The van der Waals surface area contributed by atoms with Crippen LogP contribution in [0, 0.1) is 20.8 Å². The number of benzene rings is 7. The minimum atomic E-state index is 0.782. The zero-order chi connectivity index (χ0) is 40.3. The largest absolute Gasteiger partial charge is 0.454 e. The summed E-state index contributed by atoms with van der Waals surface area (Å²) in [5.74, 6) is 0. The maximum Gasteiger partial charge on any atom is 0.153 e. The first kappa shape index (κ1) is 35.4. The molecule has 0 saturated carbocycles. The number of pyridine rings is 2. The van der Waals surface area contributed by atoms with Gasteiger partial charge in [-0.3, -0.25) is 9.97 Å².